The Morgan fingerprint density at radius 1 is 1.57 bits per heavy atom. The zero-order valence-electron chi connectivity index (χ0n) is 11.8. The molecule has 0 saturated carbocycles. The Morgan fingerprint density at radius 2 is 2.33 bits per heavy atom. The first-order chi connectivity index (χ1) is 10.0. The molecule has 1 aliphatic heterocycles. The van der Waals surface area contributed by atoms with E-state index < -0.39 is 4.92 Å². The van der Waals surface area contributed by atoms with Gasteiger partial charge in [-0.05, 0) is 32.4 Å². The molecule has 1 amide bonds. The predicted molar refractivity (Wildman–Crippen MR) is 80.7 cm³/mol. The first-order valence-electron chi connectivity index (χ1n) is 6.99. The number of likely N-dealkylation sites (N-methyl/N-ethyl adjacent to an activating group) is 1. The molecular formula is C14H18ClN3O3. The van der Waals surface area contributed by atoms with E-state index >= 15 is 0 Å². The summed E-state index contributed by atoms with van der Waals surface area (Å²) in [6.45, 7) is 3.98. The molecule has 1 aromatic carbocycles. The zero-order chi connectivity index (χ0) is 15.4. The molecule has 0 aromatic heterocycles. The van der Waals surface area contributed by atoms with Crippen LogP contribution in [0.1, 0.15) is 30.1 Å². The second kappa shape index (κ2) is 6.87. The van der Waals surface area contributed by atoms with Gasteiger partial charge in [-0.15, -0.1) is 0 Å². The van der Waals surface area contributed by atoms with Crippen molar-refractivity contribution in [2.45, 2.75) is 25.8 Å². The summed E-state index contributed by atoms with van der Waals surface area (Å²) in [6, 6.07) is 4.23. The highest BCUT2D eigenvalue weighted by Crippen LogP contribution is 2.23. The van der Waals surface area contributed by atoms with Crippen molar-refractivity contribution < 1.29 is 9.72 Å². The van der Waals surface area contributed by atoms with Crippen LogP contribution in [0.15, 0.2) is 18.2 Å². The molecule has 6 nitrogen and oxygen atoms in total. The van der Waals surface area contributed by atoms with E-state index in [1.54, 1.807) is 4.90 Å². The van der Waals surface area contributed by atoms with Crippen LogP contribution in [-0.2, 0) is 0 Å². The summed E-state index contributed by atoms with van der Waals surface area (Å²) in [7, 11) is 0. The molecule has 1 aromatic rings. The minimum Gasteiger partial charge on any atom is -0.337 e. The number of carbonyl (C=O) groups is 1. The summed E-state index contributed by atoms with van der Waals surface area (Å²) in [5.41, 5.74) is 0.0588. The molecule has 1 N–H and O–H groups in total. The maximum Gasteiger partial charge on any atom is 0.270 e. The third-order valence-corrected chi connectivity index (χ3v) is 3.99. The van der Waals surface area contributed by atoms with E-state index in [2.05, 4.69) is 5.32 Å². The van der Waals surface area contributed by atoms with Gasteiger partial charge in [0.1, 0.15) is 0 Å². The Morgan fingerprint density at radius 3 is 2.90 bits per heavy atom. The Bertz CT molecular complexity index is 544. The monoisotopic (exact) mass is 311 g/mol. The fourth-order valence-corrected chi connectivity index (χ4v) is 2.69. The number of nitro benzene ring substituents is 1. The van der Waals surface area contributed by atoms with Crippen molar-refractivity contribution in [3.63, 3.8) is 0 Å². The van der Waals surface area contributed by atoms with Crippen molar-refractivity contribution >= 4 is 23.2 Å². The van der Waals surface area contributed by atoms with Crippen molar-refractivity contribution in [1.29, 1.82) is 0 Å². The Labute approximate surface area is 128 Å². The van der Waals surface area contributed by atoms with Gasteiger partial charge in [-0.2, -0.15) is 0 Å². The number of hydrogen-bond donors (Lipinski definition) is 1. The first kappa shape index (κ1) is 15.7. The number of non-ortho nitro benzene ring substituents is 1. The number of nitrogens with zero attached hydrogens (tertiary/aromatic N) is 2. The normalized spacial score (nSPS) is 17.7. The molecule has 0 aliphatic carbocycles. The topological polar surface area (TPSA) is 75.5 Å². The van der Waals surface area contributed by atoms with Crippen LogP contribution in [0.5, 0.6) is 0 Å². The van der Waals surface area contributed by atoms with Crippen LogP contribution < -0.4 is 5.32 Å². The average molecular weight is 312 g/mol. The molecule has 1 heterocycles. The fraction of sp³-hybridized carbons (Fsp3) is 0.500. The van der Waals surface area contributed by atoms with Crippen molar-refractivity contribution in [2.24, 2.45) is 0 Å². The molecule has 0 radical (unpaired) electrons. The number of nitrogens with one attached hydrogen (secondary N) is 1. The number of hydrogen-bond acceptors (Lipinski definition) is 4. The van der Waals surface area contributed by atoms with E-state index in [1.165, 1.54) is 18.2 Å². The lowest BCUT2D eigenvalue weighted by Gasteiger charge is -2.24. The first-order valence-corrected chi connectivity index (χ1v) is 7.37. The fourth-order valence-electron chi connectivity index (χ4n) is 2.50. The quantitative estimate of drug-likeness (QED) is 0.669. The van der Waals surface area contributed by atoms with Gasteiger partial charge in [0.25, 0.3) is 11.6 Å². The van der Waals surface area contributed by atoms with Crippen molar-refractivity contribution in [1.82, 2.24) is 10.2 Å². The minimum absolute atomic E-state index is 0.127. The molecule has 114 valence electrons. The summed E-state index contributed by atoms with van der Waals surface area (Å²) in [4.78, 5) is 24.5. The standard InChI is InChI=1S/C14H18ClN3O3/c1-2-17(9-10-4-3-7-16-10)14(19)12-8-11(18(20)21)5-6-13(12)15/h5-6,8,10,16H,2-4,7,9H2,1H3. The average Bonchev–Trinajstić information content (AvgIpc) is 2.97. The summed E-state index contributed by atoms with van der Waals surface area (Å²) in [5, 5.41) is 14.4. The van der Waals surface area contributed by atoms with Gasteiger partial charge < -0.3 is 10.2 Å². The maximum absolute atomic E-state index is 12.6. The van der Waals surface area contributed by atoms with Crippen LogP contribution in [0, 0.1) is 10.1 Å². The number of rotatable bonds is 5. The van der Waals surface area contributed by atoms with Crippen molar-refractivity contribution in [3.05, 3.63) is 38.9 Å². The lowest BCUT2D eigenvalue weighted by Crippen LogP contribution is -2.41. The van der Waals surface area contributed by atoms with E-state index in [0.717, 1.165) is 19.4 Å². The maximum atomic E-state index is 12.6. The lowest BCUT2D eigenvalue weighted by molar-refractivity contribution is -0.384. The summed E-state index contributed by atoms with van der Waals surface area (Å²) >= 11 is 6.03. The molecular weight excluding hydrogens is 294 g/mol. The second-order valence-corrected chi connectivity index (χ2v) is 5.47. The van der Waals surface area contributed by atoms with E-state index in [4.69, 9.17) is 11.6 Å². The van der Waals surface area contributed by atoms with Gasteiger partial charge in [-0.3, -0.25) is 14.9 Å². The molecule has 0 spiro atoms. The van der Waals surface area contributed by atoms with Gasteiger partial charge in [0.2, 0.25) is 0 Å². The van der Waals surface area contributed by atoms with Gasteiger partial charge in [-0.25, -0.2) is 0 Å². The molecule has 2 rings (SSSR count). The van der Waals surface area contributed by atoms with Crippen LogP contribution in [0.4, 0.5) is 5.69 Å². The van der Waals surface area contributed by atoms with Crippen LogP contribution in [-0.4, -0.2) is 41.4 Å². The van der Waals surface area contributed by atoms with Crippen LogP contribution in [0.3, 0.4) is 0 Å². The third kappa shape index (κ3) is 3.71. The molecule has 1 aliphatic rings. The molecule has 1 saturated heterocycles. The predicted octanol–water partition coefficient (Wildman–Crippen LogP) is 2.46. The SMILES string of the molecule is CCN(CC1CCCN1)C(=O)c1cc([N+](=O)[O-])ccc1Cl. The van der Waals surface area contributed by atoms with E-state index in [1.807, 2.05) is 6.92 Å². The molecule has 21 heavy (non-hydrogen) atoms. The summed E-state index contributed by atoms with van der Waals surface area (Å²) < 4.78 is 0. The van der Waals surface area contributed by atoms with Gasteiger partial charge in [0.05, 0.1) is 15.5 Å². The van der Waals surface area contributed by atoms with Crippen molar-refractivity contribution in [3.8, 4) is 0 Å². The van der Waals surface area contributed by atoms with Crippen LogP contribution in [0.25, 0.3) is 0 Å². The van der Waals surface area contributed by atoms with E-state index in [0.29, 0.717) is 13.1 Å². The minimum atomic E-state index is -0.526. The highest BCUT2D eigenvalue weighted by atomic mass is 35.5. The zero-order valence-corrected chi connectivity index (χ0v) is 12.6. The third-order valence-electron chi connectivity index (χ3n) is 3.66. The lowest BCUT2D eigenvalue weighted by atomic mass is 10.1. The van der Waals surface area contributed by atoms with Gasteiger partial charge in [-0.1, -0.05) is 11.6 Å². The number of halogens is 1. The highest BCUT2D eigenvalue weighted by molar-refractivity contribution is 6.33. The Hall–Kier alpha value is -1.66. The van der Waals surface area contributed by atoms with Gasteiger partial charge in [0, 0.05) is 31.3 Å². The van der Waals surface area contributed by atoms with Gasteiger partial charge >= 0.3 is 0 Å². The number of amides is 1. The van der Waals surface area contributed by atoms with Crippen molar-refractivity contribution in [2.75, 3.05) is 19.6 Å². The number of benzene rings is 1. The number of nitro groups is 1. The second-order valence-electron chi connectivity index (χ2n) is 5.06. The van der Waals surface area contributed by atoms with E-state index in [9.17, 15) is 14.9 Å². The molecule has 1 fully saturated rings. The van der Waals surface area contributed by atoms with Crippen LogP contribution in [0.2, 0.25) is 5.02 Å². The van der Waals surface area contributed by atoms with Gasteiger partial charge in [0.15, 0.2) is 0 Å². The highest BCUT2D eigenvalue weighted by Gasteiger charge is 2.24. The molecule has 1 atom stereocenters. The Kier molecular flexibility index (Phi) is 5.14. The largest absolute Gasteiger partial charge is 0.337 e. The Balaban J connectivity index is 2.19. The summed E-state index contributed by atoms with van der Waals surface area (Å²) in [6.07, 6.45) is 2.14. The van der Waals surface area contributed by atoms with E-state index in [-0.39, 0.29) is 28.2 Å². The smallest absolute Gasteiger partial charge is 0.270 e. The molecule has 0 bridgehead atoms. The summed E-state index contributed by atoms with van der Waals surface area (Å²) in [5.74, 6) is -0.264. The molecule has 1 unspecified atom stereocenters. The van der Waals surface area contributed by atoms with Crippen LogP contribution >= 0.6 is 11.6 Å². The molecule has 7 heteroatoms. The number of carbonyl (C=O) groups excluding carboxylic acids is 1.